The van der Waals surface area contributed by atoms with Crippen molar-refractivity contribution in [3.63, 3.8) is 0 Å². The molecule has 1 aliphatic heterocycles. The standard InChI is InChI=1S/C17H27BrN4O/c1-17(2,3)15-13(11-21-22-15)10-19-8-9-20-16(23)12-4-6-14(18)7-5-12/h4-7,13,15,19,21-22H,8-11H2,1-3H3,(H,20,23). The number of rotatable bonds is 6. The number of hydrogen-bond acceptors (Lipinski definition) is 4. The number of carbonyl (C=O) groups is 1. The van der Waals surface area contributed by atoms with E-state index >= 15 is 0 Å². The van der Waals surface area contributed by atoms with Crippen LogP contribution in [0.3, 0.4) is 0 Å². The molecule has 1 aromatic rings. The molecule has 0 saturated carbocycles. The quantitative estimate of drug-likeness (QED) is 0.567. The molecule has 0 bridgehead atoms. The lowest BCUT2D eigenvalue weighted by atomic mass is 9.80. The van der Waals surface area contributed by atoms with E-state index in [0.717, 1.165) is 24.1 Å². The number of amides is 1. The van der Waals surface area contributed by atoms with Crippen molar-refractivity contribution in [3.05, 3.63) is 34.3 Å². The SMILES string of the molecule is CC(C)(C)C1NNCC1CNCCNC(=O)c1ccc(Br)cc1. The van der Waals surface area contributed by atoms with Gasteiger partial charge in [0.15, 0.2) is 0 Å². The van der Waals surface area contributed by atoms with E-state index in [1.807, 2.05) is 24.3 Å². The molecule has 23 heavy (non-hydrogen) atoms. The van der Waals surface area contributed by atoms with Crippen LogP contribution in [0, 0.1) is 11.3 Å². The Kier molecular flexibility index (Phi) is 6.59. The maximum atomic E-state index is 12.0. The number of halogens is 1. The highest BCUT2D eigenvalue weighted by Crippen LogP contribution is 2.26. The van der Waals surface area contributed by atoms with Crippen molar-refractivity contribution in [2.75, 3.05) is 26.2 Å². The van der Waals surface area contributed by atoms with Gasteiger partial charge in [0.05, 0.1) is 0 Å². The molecule has 1 aliphatic rings. The van der Waals surface area contributed by atoms with Crippen LogP contribution in [0.15, 0.2) is 28.7 Å². The molecule has 1 heterocycles. The van der Waals surface area contributed by atoms with Crippen LogP contribution in [0.2, 0.25) is 0 Å². The lowest BCUT2D eigenvalue weighted by molar-refractivity contribution is 0.0954. The summed E-state index contributed by atoms with van der Waals surface area (Å²) in [5.41, 5.74) is 7.53. The van der Waals surface area contributed by atoms with Gasteiger partial charge in [-0.3, -0.25) is 15.6 Å². The summed E-state index contributed by atoms with van der Waals surface area (Å²) in [5.74, 6) is 0.522. The maximum absolute atomic E-state index is 12.0. The first-order valence-corrected chi connectivity index (χ1v) is 8.90. The van der Waals surface area contributed by atoms with Crippen molar-refractivity contribution in [2.45, 2.75) is 26.8 Å². The Bertz CT molecular complexity index is 512. The number of nitrogens with one attached hydrogen (secondary N) is 4. The maximum Gasteiger partial charge on any atom is 0.251 e. The van der Waals surface area contributed by atoms with Gasteiger partial charge in [-0.05, 0) is 29.7 Å². The lowest BCUT2D eigenvalue weighted by Crippen LogP contribution is -2.45. The Hall–Kier alpha value is -0.950. The Balaban J connectivity index is 1.66. The highest BCUT2D eigenvalue weighted by Gasteiger charge is 2.35. The minimum atomic E-state index is -0.0314. The van der Waals surface area contributed by atoms with Crippen molar-refractivity contribution in [1.29, 1.82) is 0 Å². The third-order valence-electron chi connectivity index (χ3n) is 4.13. The molecular formula is C17H27BrN4O. The highest BCUT2D eigenvalue weighted by atomic mass is 79.9. The molecule has 2 rings (SSSR count). The predicted molar refractivity (Wildman–Crippen MR) is 97.2 cm³/mol. The average Bonchev–Trinajstić information content (AvgIpc) is 2.96. The molecule has 0 spiro atoms. The van der Waals surface area contributed by atoms with E-state index in [1.54, 1.807) is 0 Å². The Morgan fingerprint density at radius 2 is 1.96 bits per heavy atom. The van der Waals surface area contributed by atoms with Gasteiger partial charge in [-0.25, -0.2) is 0 Å². The number of carbonyl (C=O) groups excluding carboxylic acids is 1. The molecule has 2 unspecified atom stereocenters. The second-order valence-corrected chi connectivity index (χ2v) is 8.01. The molecule has 5 nitrogen and oxygen atoms in total. The van der Waals surface area contributed by atoms with E-state index in [-0.39, 0.29) is 11.3 Å². The third-order valence-corrected chi connectivity index (χ3v) is 4.66. The van der Waals surface area contributed by atoms with Crippen molar-refractivity contribution in [1.82, 2.24) is 21.5 Å². The van der Waals surface area contributed by atoms with Gasteiger partial charge < -0.3 is 10.6 Å². The fourth-order valence-corrected chi connectivity index (χ4v) is 3.17. The Morgan fingerprint density at radius 3 is 2.61 bits per heavy atom. The smallest absolute Gasteiger partial charge is 0.251 e. The monoisotopic (exact) mass is 382 g/mol. The molecule has 1 saturated heterocycles. The molecule has 1 aromatic carbocycles. The Labute approximate surface area is 147 Å². The summed E-state index contributed by atoms with van der Waals surface area (Å²) < 4.78 is 0.975. The van der Waals surface area contributed by atoms with Crippen LogP contribution in [-0.2, 0) is 0 Å². The summed E-state index contributed by atoms with van der Waals surface area (Å²) in [6.45, 7) is 10.1. The van der Waals surface area contributed by atoms with Crippen LogP contribution >= 0.6 is 15.9 Å². The van der Waals surface area contributed by atoms with Gasteiger partial charge in [0.25, 0.3) is 5.91 Å². The molecular weight excluding hydrogens is 356 g/mol. The van der Waals surface area contributed by atoms with E-state index in [0.29, 0.717) is 24.1 Å². The largest absolute Gasteiger partial charge is 0.351 e. The summed E-state index contributed by atoms with van der Waals surface area (Å²) in [6, 6.07) is 7.83. The minimum absolute atomic E-state index is 0.0314. The number of hydrogen-bond donors (Lipinski definition) is 4. The predicted octanol–water partition coefficient (Wildman–Crippen LogP) is 1.91. The van der Waals surface area contributed by atoms with E-state index in [4.69, 9.17) is 0 Å². The molecule has 0 radical (unpaired) electrons. The summed E-state index contributed by atoms with van der Waals surface area (Å²) in [4.78, 5) is 12.0. The third kappa shape index (κ3) is 5.57. The van der Waals surface area contributed by atoms with Gasteiger partial charge in [0, 0.05) is 48.2 Å². The first kappa shape index (κ1) is 18.4. The van der Waals surface area contributed by atoms with Gasteiger partial charge >= 0.3 is 0 Å². The normalized spacial score (nSPS) is 21.4. The highest BCUT2D eigenvalue weighted by molar-refractivity contribution is 9.10. The van der Waals surface area contributed by atoms with Crippen molar-refractivity contribution in [3.8, 4) is 0 Å². The van der Waals surface area contributed by atoms with Gasteiger partial charge in [-0.2, -0.15) is 0 Å². The fourth-order valence-electron chi connectivity index (χ4n) is 2.90. The molecule has 2 atom stereocenters. The van der Waals surface area contributed by atoms with E-state index in [2.05, 4.69) is 58.2 Å². The minimum Gasteiger partial charge on any atom is -0.351 e. The number of hydrazine groups is 1. The van der Waals surface area contributed by atoms with Gasteiger partial charge in [0.2, 0.25) is 0 Å². The molecule has 4 N–H and O–H groups in total. The van der Waals surface area contributed by atoms with Gasteiger partial charge in [-0.1, -0.05) is 36.7 Å². The zero-order valence-corrected chi connectivity index (χ0v) is 15.7. The van der Waals surface area contributed by atoms with Gasteiger partial charge in [0.1, 0.15) is 0 Å². The number of benzene rings is 1. The van der Waals surface area contributed by atoms with Crippen LogP contribution in [0.5, 0.6) is 0 Å². The summed E-state index contributed by atoms with van der Waals surface area (Å²) in [5, 5.41) is 6.38. The van der Waals surface area contributed by atoms with Crippen molar-refractivity contribution in [2.24, 2.45) is 11.3 Å². The van der Waals surface area contributed by atoms with E-state index in [1.165, 1.54) is 0 Å². The first-order chi connectivity index (χ1) is 10.9. The molecule has 0 aromatic heterocycles. The van der Waals surface area contributed by atoms with Crippen LogP contribution in [0.1, 0.15) is 31.1 Å². The second kappa shape index (κ2) is 8.24. The fraction of sp³-hybridized carbons (Fsp3) is 0.588. The van der Waals surface area contributed by atoms with Crippen molar-refractivity contribution >= 4 is 21.8 Å². The molecule has 6 heteroatoms. The first-order valence-electron chi connectivity index (χ1n) is 8.11. The van der Waals surface area contributed by atoms with Crippen LogP contribution in [-0.4, -0.2) is 38.1 Å². The Morgan fingerprint density at radius 1 is 1.26 bits per heavy atom. The van der Waals surface area contributed by atoms with Gasteiger partial charge in [-0.15, -0.1) is 0 Å². The van der Waals surface area contributed by atoms with E-state index < -0.39 is 0 Å². The topological polar surface area (TPSA) is 65.2 Å². The molecule has 128 valence electrons. The zero-order chi connectivity index (χ0) is 16.9. The van der Waals surface area contributed by atoms with Crippen LogP contribution < -0.4 is 21.5 Å². The summed E-state index contributed by atoms with van der Waals surface area (Å²) in [6.07, 6.45) is 0. The van der Waals surface area contributed by atoms with E-state index in [9.17, 15) is 4.79 Å². The zero-order valence-electron chi connectivity index (χ0n) is 14.1. The summed E-state index contributed by atoms with van der Waals surface area (Å²) >= 11 is 3.37. The molecule has 0 aliphatic carbocycles. The molecule has 1 fully saturated rings. The summed E-state index contributed by atoms with van der Waals surface area (Å²) in [7, 11) is 0. The average molecular weight is 383 g/mol. The lowest BCUT2D eigenvalue weighted by Gasteiger charge is -2.31. The van der Waals surface area contributed by atoms with Crippen LogP contribution in [0.25, 0.3) is 0 Å². The molecule has 1 amide bonds. The van der Waals surface area contributed by atoms with Crippen molar-refractivity contribution < 1.29 is 4.79 Å². The van der Waals surface area contributed by atoms with Crippen LogP contribution in [0.4, 0.5) is 0 Å². The second-order valence-electron chi connectivity index (χ2n) is 7.10.